The Morgan fingerprint density at radius 3 is 2.44 bits per heavy atom. The van der Waals surface area contributed by atoms with E-state index in [1.54, 1.807) is 0 Å². The Bertz CT molecular complexity index is 166. The maximum Gasteiger partial charge on any atom is 0.165 e. The second-order valence-electron chi connectivity index (χ2n) is 1.56. The van der Waals surface area contributed by atoms with Gasteiger partial charge < -0.3 is 3.87 Å². The standard InChI is InChI=1S/C6H8OSSi/c9-7-8-6-4-2-1-3-5-6/h1-5H,9H3. The molecule has 1 aromatic rings. The van der Waals surface area contributed by atoms with Gasteiger partial charge in [-0.2, -0.15) is 0 Å². The fourth-order valence-electron chi connectivity index (χ4n) is 0.572. The first kappa shape index (κ1) is 6.86. The molecule has 0 bridgehead atoms. The molecule has 3 heteroatoms. The van der Waals surface area contributed by atoms with Crippen molar-refractivity contribution < 1.29 is 3.87 Å². The van der Waals surface area contributed by atoms with Crippen LogP contribution in [0.3, 0.4) is 0 Å². The summed E-state index contributed by atoms with van der Waals surface area (Å²) in [5.41, 5.74) is 0. The molecular formula is C6H8OSSi. The molecule has 0 saturated heterocycles. The van der Waals surface area contributed by atoms with Crippen molar-refractivity contribution in [1.29, 1.82) is 0 Å². The van der Waals surface area contributed by atoms with Crippen LogP contribution < -0.4 is 0 Å². The van der Waals surface area contributed by atoms with Gasteiger partial charge in [0.25, 0.3) is 0 Å². The summed E-state index contributed by atoms with van der Waals surface area (Å²) in [6, 6.07) is 10.1. The fraction of sp³-hybridized carbons (Fsp3) is 0. The van der Waals surface area contributed by atoms with Crippen molar-refractivity contribution in [2.75, 3.05) is 0 Å². The van der Waals surface area contributed by atoms with Crippen molar-refractivity contribution in [1.82, 2.24) is 0 Å². The highest BCUT2D eigenvalue weighted by Crippen LogP contribution is 2.15. The van der Waals surface area contributed by atoms with E-state index >= 15 is 0 Å². The zero-order chi connectivity index (χ0) is 6.53. The average molecular weight is 156 g/mol. The Balaban J connectivity index is 2.61. The largest absolute Gasteiger partial charge is 0.365 e. The van der Waals surface area contributed by atoms with Crippen LogP contribution in [0, 0.1) is 0 Å². The summed E-state index contributed by atoms with van der Waals surface area (Å²) in [6.07, 6.45) is 0. The third-order valence-corrected chi connectivity index (χ3v) is 2.05. The van der Waals surface area contributed by atoms with E-state index in [1.807, 2.05) is 30.3 Å². The fourth-order valence-corrected chi connectivity index (χ4v) is 1.61. The molecule has 0 spiro atoms. The van der Waals surface area contributed by atoms with E-state index in [4.69, 9.17) is 3.87 Å². The minimum atomic E-state index is 0.787. The molecule has 0 atom stereocenters. The second kappa shape index (κ2) is 3.71. The lowest BCUT2D eigenvalue weighted by Crippen LogP contribution is -1.70. The molecule has 1 rings (SSSR count). The van der Waals surface area contributed by atoms with Crippen molar-refractivity contribution in [3.63, 3.8) is 0 Å². The van der Waals surface area contributed by atoms with Gasteiger partial charge in [-0.15, -0.1) is 0 Å². The van der Waals surface area contributed by atoms with Gasteiger partial charge in [-0.05, 0) is 12.1 Å². The van der Waals surface area contributed by atoms with Gasteiger partial charge in [-0.3, -0.25) is 0 Å². The molecule has 48 valence electrons. The molecule has 0 fully saturated rings. The minimum absolute atomic E-state index is 0.787. The predicted molar refractivity (Wildman–Crippen MR) is 43.3 cm³/mol. The van der Waals surface area contributed by atoms with Gasteiger partial charge in [0, 0.05) is 16.9 Å². The van der Waals surface area contributed by atoms with Crippen molar-refractivity contribution >= 4 is 22.5 Å². The van der Waals surface area contributed by atoms with Gasteiger partial charge in [-0.25, -0.2) is 0 Å². The van der Waals surface area contributed by atoms with Crippen LogP contribution >= 0.6 is 12.0 Å². The molecule has 0 aromatic heterocycles. The summed E-state index contributed by atoms with van der Waals surface area (Å²) in [4.78, 5) is 1.17. The summed E-state index contributed by atoms with van der Waals surface area (Å²) in [7, 11) is 0.787. The van der Waals surface area contributed by atoms with Crippen LogP contribution in [0.2, 0.25) is 0 Å². The lowest BCUT2D eigenvalue weighted by molar-refractivity contribution is 0.724. The highest BCUT2D eigenvalue weighted by Gasteiger charge is 1.85. The molecule has 0 saturated carbocycles. The number of hydrogen-bond donors (Lipinski definition) is 0. The quantitative estimate of drug-likeness (QED) is 0.466. The molecule has 0 N–H and O–H groups in total. The highest BCUT2D eigenvalue weighted by molar-refractivity contribution is 7.95. The molecule has 0 unspecified atom stereocenters. The molecule has 0 aliphatic rings. The Hall–Kier alpha value is -0.253. The topological polar surface area (TPSA) is 9.23 Å². The molecule has 0 amide bonds. The zero-order valence-corrected chi connectivity index (χ0v) is 8.02. The Labute approximate surface area is 62.2 Å². The van der Waals surface area contributed by atoms with Crippen molar-refractivity contribution in [3.05, 3.63) is 30.3 Å². The maximum atomic E-state index is 4.98. The maximum absolute atomic E-state index is 4.98. The number of benzene rings is 1. The summed E-state index contributed by atoms with van der Waals surface area (Å²) < 4.78 is 4.98. The van der Waals surface area contributed by atoms with Crippen LogP contribution in [-0.4, -0.2) is 10.5 Å². The lowest BCUT2D eigenvalue weighted by Gasteiger charge is -1.94. The van der Waals surface area contributed by atoms with Gasteiger partial charge in [0.15, 0.2) is 10.5 Å². The number of rotatable bonds is 2. The van der Waals surface area contributed by atoms with Gasteiger partial charge in [0.1, 0.15) is 0 Å². The third-order valence-electron chi connectivity index (χ3n) is 0.923. The van der Waals surface area contributed by atoms with Gasteiger partial charge in [0.05, 0.1) is 0 Å². The first-order valence-corrected chi connectivity index (χ1v) is 4.25. The van der Waals surface area contributed by atoms with E-state index in [0.29, 0.717) is 0 Å². The van der Waals surface area contributed by atoms with Gasteiger partial charge >= 0.3 is 0 Å². The summed E-state index contributed by atoms with van der Waals surface area (Å²) in [5.74, 6) is 0. The van der Waals surface area contributed by atoms with Crippen LogP contribution in [-0.2, 0) is 3.87 Å². The van der Waals surface area contributed by atoms with E-state index in [-0.39, 0.29) is 0 Å². The first-order chi connectivity index (χ1) is 4.43. The van der Waals surface area contributed by atoms with Crippen molar-refractivity contribution in [2.24, 2.45) is 0 Å². The third kappa shape index (κ3) is 2.22. The van der Waals surface area contributed by atoms with E-state index in [0.717, 1.165) is 10.5 Å². The molecular weight excluding hydrogens is 148 g/mol. The van der Waals surface area contributed by atoms with Gasteiger partial charge in [-0.1, -0.05) is 18.2 Å². The monoisotopic (exact) mass is 156 g/mol. The Morgan fingerprint density at radius 1 is 1.22 bits per heavy atom. The van der Waals surface area contributed by atoms with Crippen molar-refractivity contribution in [2.45, 2.75) is 4.90 Å². The molecule has 1 nitrogen and oxygen atoms in total. The lowest BCUT2D eigenvalue weighted by atomic mass is 10.4. The van der Waals surface area contributed by atoms with Crippen molar-refractivity contribution in [3.8, 4) is 0 Å². The summed E-state index contributed by atoms with van der Waals surface area (Å²) in [6.45, 7) is 0. The normalized spacial score (nSPS) is 9.78. The minimum Gasteiger partial charge on any atom is -0.365 e. The van der Waals surface area contributed by atoms with Crippen LogP contribution in [0.4, 0.5) is 0 Å². The summed E-state index contributed by atoms with van der Waals surface area (Å²) >= 11 is 1.44. The van der Waals surface area contributed by atoms with Gasteiger partial charge in [0.2, 0.25) is 0 Å². The first-order valence-electron chi connectivity index (χ1n) is 2.69. The van der Waals surface area contributed by atoms with E-state index in [2.05, 4.69) is 0 Å². The Morgan fingerprint density at radius 2 is 1.89 bits per heavy atom. The predicted octanol–water partition coefficient (Wildman–Crippen LogP) is 0.991. The molecule has 1 aromatic carbocycles. The molecule has 0 aliphatic heterocycles. The van der Waals surface area contributed by atoms with E-state index in [1.165, 1.54) is 16.9 Å². The highest BCUT2D eigenvalue weighted by atomic mass is 32.2. The average Bonchev–Trinajstić information content (AvgIpc) is 1.91. The van der Waals surface area contributed by atoms with Crippen LogP contribution in [0.15, 0.2) is 35.2 Å². The molecule has 0 aliphatic carbocycles. The van der Waals surface area contributed by atoms with Crippen LogP contribution in [0.1, 0.15) is 0 Å². The molecule has 0 radical (unpaired) electrons. The zero-order valence-electron chi connectivity index (χ0n) is 5.20. The summed E-state index contributed by atoms with van der Waals surface area (Å²) in [5, 5.41) is 0. The smallest absolute Gasteiger partial charge is 0.165 e. The van der Waals surface area contributed by atoms with E-state index < -0.39 is 0 Å². The molecule has 9 heavy (non-hydrogen) atoms. The Kier molecular flexibility index (Phi) is 2.83. The van der Waals surface area contributed by atoms with E-state index in [9.17, 15) is 0 Å². The van der Waals surface area contributed by atoms with Crippen LogP contribution in [0.25, 0.3) is 0 Å². The second-order valence-corrected chi connectivity index (χ2v) is 3.53. The van der Waals surface area contributed by atoms with Crippen LogP contribution in [0.5, 0.6) is 0 Å². The SMILES string of the molecule is [SiH3]OSc1ccccc1. The number of hydrogen-bond acceptors (Lipinski definition) is 2. The molecule has 0 heterocycles.